The molecule has 0 bridgehead atoms. The van der Waals surface area contributed by atoms with E-state index in [2.05, 4.69) is 5.09 Å². The molecule has 0 saturated carbocycles. The molecule has 9 heteroatoms. The van der Waals surface area contributed by atoms with E-state index in [1.54, 1.807) is 13.8 Å². The van der Waals surface area contributed by atoms with E-state index in [4.69, 9.17) is 13.8 Å². The molecule has 0 spiro atoms. The maximum Gasteiger partial charge on any atom is 0.406 e. The fraction of sp³-hybridized carbons (Fsp3) is 0.857. The van der Waals surface area contributed by atoms with Gasteiger partial charge >= 0.3 is 13.7 Å². The van der Waals surface area contributed by atoms with Crippen molar-refractivity contribution in [3.63, 3.8) is 0 Å². The van der Waals surface area contributed by atoms with Gasteiger partial charge in [-0.1, -0.05) is 32.5 Å². The Morgan fingerprint density at radius 2 is 1.78 bits per heavy atom. The second kappa shape index (κ2) is 9.79. The number of hydrogen-bond acceptors (Lipinski definition) is 7. The lowest BCUT2D eigenvalue weighted by Gasteiger charge is -2.21. The molecule has 7 nitrogen and oxygen atoms in total. The first-order valence-electron chi connectivity index (χ1n) is 7.37. The van der Waals surface area contributed by atoms with E-state index in [1.807, 2.05) is 20.8 Å². The fourth-order valence-corrected chi connectivity index (χ4v) is 3.38. The lowest BCUT2D eigenvalue weighted by Crippen LogP contribution is -2.35. The minimum absolute atomic E-state index is 0.0233. The van der Waals surface area contributed by atoms with Crippen LogP contribution in [0.2, 0.25) is 0 Å². The van der Waals surface area contributed by atoms with Crippen molar-refractivity contribution >= 4 is 30.6 Å². The van der Waals surface area contributed by atoms with Crippen LogP contribution < -0.4 is 5.09 Å². The molecule has 0 aliphatic heterocycles. The Morgan fingerprint density at radius 1 is 1.22 bits per heavy atom. The highest BCUT2D eigenvalue weighted by atomic mass is 32.2. The van der Waals surface area contributed by atoms with Crippen LogP contribution in [0.4, 0.5) is 0 Å². The summed E-state index contributed by atoms with van der Waals surface area (Å²) in [6.07, 6.45) is -0.269. The van der Waals surface area contributed by atoms with Gasteiger partial charge in [0.05, 0.1) is 12.7 Å². The van der Waals surface area contributed by atoms with Gasteiger partial charge in [-0.05, 0) is 20.8 Å². The Kier molecular flexibility index (Phi) is 9.62. The van der Waals surface area contributed by atoms with Gasteiger partial charge in [0.2, 0.25) is 0 Å². The molecule has 0 aliphatic rings. The van der Waals surface area contributed by atoms with Crippen molar-refractivity contribution in [2.24, 2.45) is 5.41 Å². The van der Waals surface area contributed by atoms with Crippen LogP contribution in [0.1, 0.15) is 41.5 Å². The lowest BCUT2D eigenvalue weighted by atomic mass is 10.00. The molecule has 0 saturated heterocycles. The van der Waals surface area contributed by atoms with E-state index in [0.29, 0.717) is 5.75 Å². The molecule has 1 N–H and O–H groups in total. The summed E-state index contributed by atoms with van der Waals surface area (Å²) in [7, 11) is -2.41. The summed E-state index contributed by atoms with van der Waals surface area (Å²) in [6.45, 7) is 10.5. The summed E-state index contributed by atoms with van der Waals surface area (Å²) in [6, 6.07) is -0.841. The smallest absolute Gasteiger partial charge is 0.406 e. The lowest BCUT2D eigenvalue weighted by molar-refractivity contribution is -0.149. The zero-order valence-electron chi connectivity index (χ0n) is 14.9. The van der Waals surface area contributed by atoms with Crippen molar-refractivity contribution < 1.29 is 27.9 Å². The minimum atomic E-state index is -3.63. The summed E-state index contributed by atoms with van der Waals surface area (Å²) in [5, 5.41) is 2.53. The molecular weight excluding hydrogens is 341 g/mol. The van der Waals surface area contributed by atoms with E-state index >= 15 is 0 Å². The predicted molar refractivity (Wildman–Crippen MR) is 91.3 cm³/mol. The monoisotopic (exact) mass is 369 g/mol. The zero-order chi connectivity index (χ0) is 18.3. The zero-order valence-corrected chi connectivity index (χ0v) is 16.6. The van der Waals surface area contributed by atoms with Crippen molar-refractivity contribution in [1.82, 2.24) is 5.09 Å². The van der Waals surface area contributed by atoms with Crippen LogP contribution in [0.15, 0.2) is 0 Å². The fourth-order valence-electron chi connectivity index (χ4n) is 1.28. The van der Waals surface area contributed by atoms with Gasteiger partial charge in [-0.3, -0.25) is 14.1 Å². The van der Waals surface area contributed by atoms with Crippen molar-refractivity contribution in [2.75, 3.05) is 19.5 Å². The van der Waals surface area contributed by atoms with Crippen LogP contribution in [-0.4, -0.2) is 42.7 Å². The molecule has 0 aliphatic carbocycles. The number of nitrogens with one attached hydrogen (secondary N) is 1. The largest absolute Gasteiger partial charge is 0.462 e. The van der Waals surface area contributed by atoms with E-state index < -0.39 is 25.2 Å². The first-order chi connectivity index (χ1) is 10.4. The maximum atomic E-state index is 12.4. The predicted octanol–water partition coefficient (Wildman–Crippen LogP) is 2.99. The topological polar surface area (TPSA) is 90.9 Å². The van der Waals surface area contributed by atoms with Gasteiger partial charge < -0.3 is 9.26 Å². The van der Waals surface area contributed by atoms with Crippen LogP contribution in [0, 0.1) is 5.41 Å². The van der Waals surface area contributed by atoms with Crippen molar-refractivity contribution in [3.05, 3.63) is 0 Å². The summed E-state index contributed by atoms with van der Waals surface area (Å²) >= 11 is 1.11. The van der Waals surface area contributed by atoms with Gasteiger partial charge in [0.15, 0.2) is 5.12 Å². The third-order valence-corrected chi connectivity index (χ3v) is 5.44. The number of esters is 1. The van der Waals surface area contributed by atoms with Gasteiger partial charge in [0, 0.05) is 18.3 Å². The number of carbonyl (C=O) groups is 2. The number of hydrogen-bond donors (Lipinski definition) is 1. The first-order valence-corrected chi connectivity index (χ1v) is 9.90. The SMILES string of the molecule is COP(=O)(N[C@@H](C)C(=O)OC(C)C)OCCSC(=O)C(C)(C)C. The molecule has 0 aromatic carbocycles. The normalized spacial score (nSPS) is 16.0. The summed E-state index contributed by atoms with van der Waals surface area (Å²) in [4.78, 5) is 23.5. The van der Waals surface area contributed by atoms with Gasteiger partial charge in [-0.15, -0.1) is 0 Å². The summed E-state index contributed by atoms with van der Waals surface area (Å²) in [5.74, 6) is -0.200. The Hall–Kier alpha value is -0.400. The van der Waals surface area contributed by atoms with Crippen LogP contribution in [0.25, 0.3) is 0 Å². The molecule has 0 rings (SSSR count). The highest BCUT2D eigenvalue weighted by Crippen LogP contribution is 2.43. The van der Waals surface area contributed by atoms with E-state index in [-0.39, 0.29) is 17.8 Å². The first kappa shape index (κ1) is 22.6. The molecule has 0 heterocycles. The van der Waals surface area contributed by atoms with Crippen LogP contribution in [0.5, 0.6) is 0 Å². The minimum Gasteiger partial charge on any atom is -0.462 e. The van der Waals surface area contributed by atoms with Crippen molar-refractivity contribution in [2.45, 2.75) is 53.7 Å². The maximum absolute atomic E-state index is 12.4. The van der Waals surface area contributed by atoms with Crippen LogP contribution in [0.3, 0.4) is 0 Å². The molecule has 0 amide bonds. The summed E-state index contributed by atoms with van der Waals surface area (Å²) in [5.41, 5.74) is -0.441. The van der Waals surface area contributed by atoms with Crippen molar-refractivity contribution in [3.8, 4) is 0 Å². The number of thioether (sulfide) groups is 1. The van der Waals surface area contributed by atoms with Crippen LogP contribution in [-0.2, 0) is 27.9 Å². The molecule has 0 aromatic rings. The average Bonchev–Trinajstić information content (AvgIpc) is 2.41. The van der Waals surface area contributed by atoms with Crippen LogP contribution >= 0.6 is 19.5 Å². The molecule has 0 fully saturated rings. The van der Waals surface area contributed by atoms with Gasteiger partial charge in [0.1, 0.15) is 6.04 Å². The second-order valence-electron chi connectivity index (χ2n) is 6.24. The average molecular weight is 369 g/mol. The van der Waals surface area contributed by atoms with Gasteiger partial charge in [-0.25, -0.2) is 9.65 Å². The van der Waals surface area contributed by atoms with Gasteiger partial charge in [-0.2, -0.15) is 0 Å². The number of carbonyl (C=O) groups excluding carboxylic acids is 2. The molecular formula is C14H28NO6PS. The highest BCUT2D eigenvalue weighted by molar-refractivity contribution is 8.13. The molecule has 0 aromatic heterocycles. The van der Waals surface area contributed by atoms with E-state index in [1.165, 1.54) is 14.0 Å². The standard InChI is InChI=1S/C14H28NO6PS/c1-10(2)21-12(16)11(3)15-22(18,19-7)20-8-9-23-13(17)14(4,5)6/h10-11H,8-9H2,1-7H3,(H,15,18)/t11-,22?/m0/s1. The molecule has 23 heavy (non-hydrogen) atoms. The Labute approximate surface area is 142 Å². The quantitative estimate of drug-likeness (QED) is 0.377. The van der Waals surface area contributed by atoms with E-state index in [0.717, 1.165) is 11.8 Å². The number of rotatable bonds is 9. The Bertz CT molecular complexity index is 449. The molecule has 1 unspecified atom stereocenters. The Balaban J connectivity index is 4.38. The van der Waals surface area contributed by atoms with Gasteiger partial charge in [0.25, 0.3) is 0 Å². The summed E-state index contributed by atoms with van der Waals surface area (Å²) < 4.78 is 27.4. The third kappa shape index (κ3) is 9.47. The second-order valence-corrected chi connectivity index (χ2v) is 9.18. The Morgan fingerprint density at radius 3 is 2.22 bits per heavy atom. The van der Waals surface area contributed by atoms with E-state index in [9.17, 15) is 14.2 Å². The number of ether oxygens (including phenoxy) is 1. The molecule has 136 valence electrons. The highest BCUT2D eigenvalue weighted by Gasteiger charge is 2.30. The third-order valence-electron chi connectivity index (χ3n) is 2.49. The molecule has 2 atom stereocenters. The molecule has 0 radical (unpaired) electrons. The van der Waals surface area contributed by atoms with Crippen molar-refractivity contribution in [1.29, 1.82) is 0 Å².